The highest BCUT2D eigenvalue weighted by molar-refractivity contribution is 6.04. The highest BCUT2D eigenvalue weighted by Crippen LogP contribution is 2.54. The van der Waals surface area contributed by atoms with Gasteiger partial charge in [-0.05, 0) is 109 Å². The summed E-state index contributed by atoms with van der Waals surface area (Å²) in [6, 6.07) is 0.605. The van der Waals surface area contributed by atoms with Gasteiger partial charge in [-0.1, -0.05) is 17.7 Å². The molecule has 5 aliphatic rings. The van der Waals surface area contributed by atoms with Crippen LogP contribution in [-0.2, 0) is 11.2 Å². The van der Waals surface area contributed by atoms with E-state index in [1.807, 2.05) is 25.7 Å². The van der Waals surface area contributed by atoms with Crippen molar-refractivity contribution >= 4 is 17.3 Å². The molecule has 0 N–H and O–H groups in total. The van der Waals surface area contributed by atoms with Gasteiger partial charge in [0.25, 0.3) is 11.7 Å². The Balaban J connectivity index is 1.37. The largest absolute Gasteiger partial charge is 0.448 e. The summed E-state index contributed by atoms with van der Waals surface area (Å²) in [5.74, 6) is 1.31. The van der Waals surface area contributed by atoms with Crippen LogP contribution < -0.4 is 9.47 Å². The number of amides is 1. The molecule has 1 fully saturated rings. The number of rotatable bonds is 5. The quantitative estimate of drug-likeness (QED) is 0.398. The van der Waals surface area contributed by atoms with Crippen LogP contribution in [0.2, 0.25) is 0 Å². The van der Waals surface area contributed by atoms with Crippen molar-refractivity contribution in [2.75, 3.05) is 27.2 Å². The molecule has 6 rings (SSSR count). The van der Waals surface area contributed by atoms with E-state index in [0.717, 1.165) is 102 Å². The van der Waals surface area contributed by atoms with Crippen LogP contribution in [0.4, 0.5) is 0 Å². The number of hydrogen-bond donors (Lipinski definition) is 0. The van der Waals surface area contributed by atoms with Crippen LogP contribution >= 0.6 is 0 Å². The van der Waals surface area contributed by atoms with Crippen molar-refractivity contribution in [2.24, 2.45) is 5.92 Å². The molecular formula is C35H46N2O4. The summed E-state index contributed by atoms with van der Waals surface area (Å²) in [4.78, 5) is 31.4. The van der Waals surface area contributed by atoms with E-state index in [9.17, 15) is 9.59 Å². The van der Waals surface area contributed by atoms with Crippen LogP contribution in [0.25, 0.3) is 5.57 Å². The highest BCUT2D eigenvalue weighted by atomic mass is 16.7. The average Bonchev–Trinajstić information content (AvgIpc) is 3.31. The van der Waals surface area contributed by atoms with Crippen LogP contribution in [-0.4, -0.2) is 60.5 Å². The van der Waals surface area contributed by atoms with E-state index in [-0.39, 0.29) is 11.7 Å². The lowest BCUT2D eigenvalue weighted by Gasteiger charge is -2.39. The number of ether oxygens (including phenoxy) is 2. The molecule has 1 atom stereocenters. The number of nitrogens with zero attached hydrogens (tertiary/aromatic N) is 2. The minimum Gasteiger partial charge on any atom is -0.448 e. The molecule has 1 unspecified atom stereocenters. The molecule has 0 spiro atoms. The minimum atomic E-state index is -0.734. The van der Waals surface area contributed by atoms with E-state index in [1.54, 1.807) is 0 Å². The van der Waals surface area contributed by atoms with Gasteiger partial charge in [0.2, 0.25) is 0 Å². The maximum absolute atomic E-state index is 14.2. The summed E-state index contributed by atoms with van der Waals surface area (Å²) in [7, 11) is 4.34. The number of carbonyl (C=O) groups excluding carboxylic acids is 2. The Hall–Kier alpha value is -2.86. The molecule has 2 aliphatic heterocycles. The third kappa shape index (κ3) is 4.96. The van der Waals surface area contributed by atoms with Crippen LogP contribution in [0, 0.1) is 12.8 Å². The van der Waals surface area contributed by atoms with E-state index in [0.29, 0.717) is 31.5 Å². The summed E-state index contributed by atoms with van der Waals surface area (Å²) in [5.41, 5.74) is 7.99. The molecular weight excluding hydrogens is 512 g/mol. The zero-order chi connectivity index (χ0) is 29.1. The second-order valence-electron chi connectivity index (χ2n) is 13.4. The Labute approximate surface area is 245 Å². The summed E-state index contributed by atoms with van der Waals surface area (Å²) >= 11 is 0. The minimum absolute atomic E-state index is 0.00674. The molecule has 0 aromatic heterocycles. The van der Waals surface area contributed by atoms with Crippen molar-refractivity contribution in [3.05, 3.63) is 51.1 Å². The van der Waals surface area contributed by atoms with Gasteiger partial charge >= 0.3 is 0 Å². The zero-order valence-electron chi connectivity index (χ0n) is 25.8. The van der Waals surface area contributed by atoms with Crippen molar-refractivity contribution < 1.29 is 19.1 Å². The number of ketones is 1. The van der Waals surface area contributed by atoms with Gasteiger partial charge in [0, 0.05) is 55.1 Å². The number of benzene rings is 1. The summed E-state index contributed by atoms with van der Waals surface area (Å²) in [6.45, 7) is 9.09. The summed E-state index contributed by atoms with van der Waals surface area (Å²) in [5, 5.41) is 0. The second-order valence-corrected chi connectivity index (χ2v) is 13.4. The maximum atomic E-state index is 14.2. The van der Waals surface area contributed by atoms with Crippen molar-refractivity contribution in [3.63, 3.8) is 0 Å². The van der Waals surface area contributed by atoms with Crippen LogP contribution in [0.15, 0.2) is 28.9 Å². The Morgan fingerprint density at radius 2 is 1.71 bits per heavy atom. The second kappa shape index (κ2) is 10.8. The Kier molecular flexibility index (Phi) is 7.42. The monoisotopic (exact) mass is 558 g/mol. The van der Waals surface area contributed by atoms with Crippen molar-refractivity contribution in [3.8, 4) is 11.5 Å². The molecule has 1 aromatic carbocycles. The van der Waals surface area contributed by atoms with Gasteiger partial charge in [0.1, 0.15) is 0 Å². The fourth-order valence-corrected chi connectivity index (χ4v) is 7.91. The maximum Gasteiger partial charge on any atom is 0.254 e. The van der Waals surface area contributed by atoms with Gasteiger partial charge < -0.3 is 19.3 Å². The van der Waals surface area contributed by atoms with Crippen LogP contribution in [0.3, 0.4) is 0 Å². The lowest BCUT2D eigenvalue weighted by atomic mass is 9.81. The first-order chi connectivity index (χ1) is 19.6. The van der Waals surface area contributed by atoms with Crippen molar-refractivity contribution in [2.45, 2.75) is 104 Å². The fraction of sp³-hybridized carbons (Fsp3) is 0.600. The number of hydrogen-bond acceptors (Lipinski definition) is 5. The number of carbonyl (C=O) groups is 2. The smallest absolute Gasteiger partial charge is 0.254 e. The van der Waals surface area contributed by atoms with E-state index in [2.05, 4.69) is 38.1 Å². The van der Waals surface area contributed by atoms with Gasteiger partial charge in [-0.3, -0.25) is 9.59 Å². The standard InChI is InChI=1S/C35H46N2O4/c1-21-18-22(2)28(29(38)19-21)20-37-17-16-27-30(34(37)39)23(3)32-33(31(27)24-10-8-7-9-11-24)41-35(4,40-32)25-12-14-26(15-13-25)36(5)6/h10,18,25-26H,7-9,11-17,19-20H2,1-6H3. The first kappa shape index (κ1) is 28.3. The molecule has 1 saturated carbocycles. The normalized spacial score (nSPS) is 28.2. The summed E-state index contributed by atoms with van der Waals surface area (Å²) in [6.07, 6.45) is 14.5. The molecule has 2 heterocycles. The van der Waals surface area contributed by atoms with Gasteiger partial charge in [-0.15, -0.1) is 0 Å². The highest BCUT2D eigenvalue weighted by Gasteiger charge is 2.49. The predicted molar refractivity (Wildman–Crippen MR) is 162 cm³/mol. The molecule has 3 aliphatic carbocycles. The Bertz CT molecular complexity index is 1370. The Morgan fingerprint density at radius 3 is 2.37 bits per heavy atom. The molecule has 6 heteroatoms. The van der Waals surface area contributed by atoms with Gasteiger partial charge in [-0.25, -0.2) is 0 Å². The van der Waals surface area contributed by atoms with Crippen molar-refractivity contribution in [1.82, 2.24) is 9.80 Å². The molecule has 6 nitrogen and oxygen atoms in total. The number of Topliss-reactive ketones (excluding diaryl/α,β-unsaturated/α-hetero) is 1. The van der Waals surface area contributed by atoms with Crippen LogP contribution in [0.5, 0.6) is 11.5 Å². The fourth-order valence-electron chi connectivity index (χ4n) is 7.91. The molecule has 0 saturated heterocycles. The summed E-state index contributed by atoms with van der Waals surface area (Å²) < 4.78 is 13.8. The molecule has 220 valence electrons. The molecule has 1 aromatic rings. The van der Waals surface area contributed by atoms with E-state index in [4.69, 9.17) is 9.47 Å². The van der Waals surface area contributed by atoms with Gasteiger partial charge in [0.15, 0.2) is 17.3 Å². The Morgan fingerprint density at radius 1 is 0.976 bits per heavy atom. The third-order valence-corrected chi connectivity index (χ3v) is 10.3. The topological polar surface area (TPSA) is 59.1 Å². The third-order valence-electron chi connectivity index (χ3n) is 10.3. The first-order valence-corrected chi connectivity index (χ1v) is 15.7. The zero-order valence-corrected chi connectivity index (χ0v) is 25.8. The lowest BCUT2D eigenvalue weighted by Crippen LogP contribution is -2.46. The van der Waals surface area contributed by atoms with Gasteiger partial charge in [-0.2, -0.15) is 0 Å². The van der Waals surface area contributed by atoms with Crippen LogP contribution in [0.1, 0.15) is 106 Å². The molecule has 1 amide bonds. The molecule has 0 radical (unpaired) electrons. The SMILES string of the molecule is CC1=CC(C)=C(CN2CCc3c(c(C)c4c(c3C3=CCCCC3)OC(C)(C3CCC(N(C)C)CC3)O4)C2=O)C(=O)C1. The number of allylic oxidation sites excluding steroid dienone is 5. The first-order valence-electron chi connectivity index (χ1n) is 15.7. The van der Waals surface area contributed by atoms with E-state index in [1.165, 1.54) is 12.0 Å². The van der Waals surface area contributed by atoms with E-state index < -0.39 is 5.79 Å². The lowest BCUT2D eigenvalue weighted by molar-refractivity contribution is -0.123. The van der Waals surface area contributed by atoms with Crippen molar-refractivity contribution in [1.29, 1.82) is 0 Å². The van der Waals surface area contributed by atoms with E-state index >= 15 is 0 Å². The predicted octanol–water partition coefficient (Wildman–Crippen LogP) is 6.79. The number of fused-ring (bicyclic) bond motifs is 2. The average molecular weight is 559 g/mol. The molecule has 0 bridgehead atoms. The van der Waals surface area contributed by atoms with Gasteiger partial charge in [0.05, 0.1) is 5.56 Å². The molecule has 41 heavy (non-hydrogen) atoms.